The first-order chi connectivity index (χ1) is 15.6. The molecule has 0 unspecified atom stereocenters. The largest absolute Gasteiger partial charge is 0.423 e. The van der Waals surface area contributed by atoms with Crippen molar-refractivity contribution >= 4 is 28.6 Å². The van der Waals surface area contributed by atoms with Crippen LogP contribution in [0.1, 0.15) is 0 Å². The number of rotatable bonds is 5. The number of ether oxygens (including phenoxy) is 1. The molecule has 2 aromatic carbocycles. The van der Waals surface area contributed by atoms with Crippen molar-refractivity contribution in [2.75, 3.05) is 43.4 Å². The van der Waals surface area contributed by atoms with Crippen LogP contribution in [-0.2, 0) is 0 Å². The lowest BCUT2D eigenvalue weighted by Crippen LogP contribution is -2.45. The zero-order valence-electron chi connectivity index (χ0n) is 17.6. The summed E-state index contributed by atoms with van der Waals surface area (Å²) >= 11 is 0. The van der Waals surface area contributed by atoms with Crippen LogP contribution < -0.4 is 20.6 Å². The average Bonchev–Trinajstić information content (AvgIpc) is 2.80. The van der Waals surface area contributed by atoms with Gasteiger partial charge in [-0.1, -0.05) is 30.3 Å². The number of para-hydroxylation sites is 2. The fourth-order valence-corrected chi connectivity index (χ4v) is 3.51. The molecule has 0 amide bonds. The van der Waals surface area contributed by atoms with E-state index in [4.69, 9.17) is 9.15 Å². The Morgan fingerprint density at radius 3 is 2.50 bits per heavy atom. The van der Waals surface area contributed by atoms with Gasteiger partial charge in [0.15, 0.2) is 0 Å². The Morgan fingerprint density at radius 1 is 0.938 bits per heavy atom. The second kappa shape index (κ2) is 8.64. The Hall–Kier alpha value is -3.98. The van der Waals surface area contributed by atoms with Crippen molar-refractivity contribution in [1.29, 1.82) is 0 Å². The van der Waals surface area contributed by atoms with E-state index >= 15 is 0 Å². The second-order valence-corrected chi connectivity index (χ2v) is 7.55. The number of anilines is 3. The van der Waals surface area contributed by atoms with Crippen LogP contribution in [0.2, 0.25) is 0 Å². The lowest BCUT2D eigenvalue weighted by molar-refractivity contribution is 0.310. The van der Waals surface area contributed by atoms with E-state index in [0.717, 1.165) is 31.9 Å². The first-order valence-corrected chi connectivity index (χ1v) is 10.4. The Bertz CT molecular complexity index is 1290. The average molecular weight is 430 g/mol. The van der Waals surface area contributed by atoms with Crippen molar-refractivity contribution in [2.24, 2.45) is 0 Å². The quantitative estimate of drug-likeness (QED) is 0.479. The zero-order valence-corrected chi connectivity index (χ0v) is 17.6. The van der Waals surface area contributed by atoms with Gasteiger partial charge in [-0.3, -0.25) is 0 Å². The van der Waals surface area contributed by atoms with Gasteiger partial charge >= 0.3 is 11.6 Å². The maximum absolute atomic E-state index is 12.0. The van der Waals surface area contributed by atoms with Crippen LogP contribution in [0.3, 0.4) is 0 Å². The zero-order chi connectivity index (χ0) is 21.9. The second-order valence-electron chi connectivity index (χ2n) is 7.55. The summed E-state index contributed by atoms with van der Waals surface area (Å²) in [7, 11) is 2.09. The number of nitrogens with zero attached hydrogens (tertiary/aromatic N) is 5. The van der Waals surface area contributed by atoms with Gasteiger partial charge < -0.3 is 24.3 Å². The van der Waals surface area contributed by atoms with Crippen LogP contribution >= 0.6 is 0 Å². The van der Waals surface area contributed by atoms with Crippen molar-refractivity contribution in [1.82, 2.24) is 19.9 Å². The van der Waals surface area contributed by atoms with Crippen LogP contribution in [0.4, 0.5) is 17.6 Å². The molecule has 0 aliphatic carbocycles. The summed E-state index contributed by atoms with van der Waals surface area (Å²) in [6, 6.07) is 18.2. The Balaban J connectivity index is 1.53. The smallest absolute Gasteiger partial charge is 0.339 e. The minimum absolute atomic E-state index is 0.100. The monoisotopic (exact) mass is 430 g/mol. The van der Waals surface area contributed by atoms with Crippen LogP contribution in [0.15, 0.2) is 69.9 Å². The van der Waals surface area contributed by atoms with E-state index < -0.39 is 5.63 Å². The highest BCUT2D eigenvalue weighted by molar-refractivity contribution is 5.83. The molecule has 4 aromatic rings. The van der Waals surface area contributed by atoms with Crippen molar-refractivity contribution in [3.05, 3.63) is 71.1 Å². The molecule has 162 valence electrons. The molecule has 0 radical (unpaired) electrons. The Kier molecular flexibility index (Phi) is 5.39. The topological polar surface area (TPSA) is 96.6 Å². The van der Waals surface area contributed by atoms with E-state index in [-0.39, 0.29) is 6.01 Å². The summed E-state index contributed by atoms with van der Waals surface area (Å²) in [5, 5.41) is 3.87. The summed E-state index contributed by atoms with van der Waals surface area (Å²) < 4.78 is 11.3. The number of hydrogen-bond donors (Lipinski definition) is 1. The number of fused-ring (bicyclic) bond motifs is 1. The van der Waals surface area contributed by atoms with E-state index in [1.807, 2.05) is 42.5 Å². The first kappa shape index (κ1) is 20.0. The van der Waals surface area contributed by atoms with E-state index in [1.54, 1.807) is 12.1 Å². The Morgan fingerprint density at radius 2 is 1.69 bits per heavy atom. The van der Waals surface area contributed by atoms with Crippen molar-refractivity contribution < 1.29 is 9.15 Å². The minimum atomic E-state index is -0.505. The van der Waals surface area contributed by atoms with Gasteiger partial charge in [0, 0.05) is 31.9 Å². The Labute approximate surface area is 184 Å². The van der Waals surface area contributed by atoms with Crippen molar-refractivity contribution in [3.63, 3.8) is 0 Å². The maximum atomic E-state index is 12.0. The van der Waals surface area contributed by atoms with Crippen LogP contribution in [-0.4, -0.2) is 53.1 Å². The van der Waals surface area contributed by atoms with E-state index in [2.05, 4.69) is 37.1 Å². The molecule has 1 aliphatic rings. The van der Waals surface area contributed by atoms with Gasteiger partial charge in [0.05, 0.1) is 11.5 Å². The molecule has 0 saturated carbocycles. The normalized spacial score (nSPS) is 14.5. The molecule has 9 heteroatoms. The van der Waals surface area contributed by atoms with Gasteiger partial charge in [0.2, 0.25) is 11.9 Å². The highest BCUT2D eigenvalue weighted by atomic mass is 16.5. The molecule has 2 aromatic heterocycles. The summed E-state index contributed by atoms with van der Waals surface area (Å²) in [6.07, 6.45) is 0. The van der Waals surface area contributed by atoms with Crippen LogP contribution in [0.25, 0.3) is 11.0 Å². The lowest BCUT2D eigenvalue weighted by Gasteiger charge is -2.32. The molecule has 1 aliphatic heterocycles. The summed E-state index contributed by atoms with van der Waals surface area (Å²) in [5.41, 5.74) is 0.778. The van der Waals surface area contributed by atoms with Crippen molar-refractivity contribution in [3.8, 4) is 11.8 Å². The molecular formula is C23H22N6O3. The van der Waals surface area contributed by atoms with E-state index in [9.17, 15) is 4.79 Å². The van der Waals surface area contributed by atoms with E-state index in [1.165, 1.54) is 6.07 Å². The fraction of sp³-hybridized carbons (Fsp3) is 0.217. The number of benzene rings is 2. The van der Waals surface area contributed by atoms with Gasteiger partial charge in [-0.2, -0.15) is 15.0 Å². The highest BCUT2D eigenvalue weighted by Crippen LogP contribution is 2.28. The van der Waals surface area contributed by atoms with Crippen LogP contribution in [0, 0.1) is 0 Å². The third-order valence-electron chi connectivity index (χ3n) is 5.23. The fourth-order valence-electron chi connectivity index (χ4n) is 3.51. The van der Waals surface area contributed by atoms with Gasteiger partial charge in [0.1, 0.15) is 11.3 Å². The number of hydrogen-bond acceptors (Lipinski definition) is 9. The standard InChI is InChI=1S/C23H22N6O3/c1-28-11-13-29(14-12-28)22-25-21(24-16-7-3-2-4-8-16)26-23(27-22)32-19-15-20(30)31-18-10-6-5-9-17(18)19/h2-10,15H,11-14H2,1H3,(H,24,25,26,27). The first-order valence-electron chi connectivity index (χ1n) is 10.4. The molecule has 1 fully saturated rings. The maximum Gasteiger partial charge on any atom is 0.339 e. The third-order valence-corrected chi connectivity index (χ3v) is 5.23. The molecule has 0 bridgehead atoms. The number of aromatic nitrogens is 3. The number of nitrogens with one attached hydrogen (secondary N) is 1. The van der Waals surface area contributed by atoms with E-state index in [0.29, 0.717) is 28.6 Å². The molecular weight excluding hydrogens is 408 g/mol. The van der Waals surface area contributed by atoms with Gasteiger partial charge in [0.25, 0.3) is 0 Å². The molecule has 1 saturated heterocycles. The van der Waals surface area contributed by atoms with Gasteiger partial charge in [-0.25, -0.2) is 4.79 Å². The molecule has 3 heterocycles. The molecule has 9 nitrogen and oxygen atoms in total. The number of likely N-dealkylation sites (N-methyl/N-ethyl adjacent to an activating group) is 1. The van der Waals surface area contributed by atoms with Crippen molar-refractivity contribution in [2.45, 2.75) is 0 Å². The summed E-state index contributed by atoms with van der Waals surface area (Å²) in [6.45, 7) is 3.41. The summed E-state index contributed by atoms with van der Waals surface area (Å²) in [5.74, 6) is 1.22. The van der Waals surface area contributed by atoms with Gasteiger partial charge in [-0.05, 0) is 31.3 Å². The predicted molar refractivity (Wildman–Crippen MR) is 122 cm³/mol. The summed E-state index contributed by atoms with van der Waals surface area (Å²) in [4.78, 5) is 30.0. The molecule has 1 N–H and O–H groups in total. The molecule has 0 spiro atoms. The SMILES string of the molecule is CN1CCN(c2nc(Nc3ccccc3)nc(Oc3cc(=O)oc4ccccc34)n2)CC1. The number of piperazine rings is 1. The minimum Gasteiger partial charge on any atom is -0.423 e. The molecule has 0 atom stereocenters. The molecule has 32 heavy (non-hydrogen) atoms. The predicted octanol–water partition coefficient (Wildman–Crippen LogP) is 3.27. The third kappa shape index (κ3) is 4.37. The lowest BCUT2D eigenvalue weighted by atomic mass is 10.2. The highest BCUT2D eigenvalue weighted by Gasteiger charge is 2.20. The van der Waals surface area contributed by atoms with Gasteiger partial charge in [-0.15, -0.1) is 0 Å². The van der Waals surface area contributed by atoms with Crippen LogP contribution in [0.5, 0.6) is 11.8 Å². The molecule has 5 rings (SSSR count).